The number of carbonyl (C=O) groups excluding carboxylic acids is 1. The molecule has 1 unspecified atom stereocenters. The van der Waals surface area contributed by atoms with Crippen molar-refractivity contribution in [2.45, 2.75) is 31.5 Å². The number of carboxylic acids is 1. The van der Waals surface area contributed by atoms with Crippen LogP contribution in [-0.2, 0) is 18.0 Å². The van der Waals surface area contributed by atoms with Crippen LogP contribution >= 0.6 is 0 Å². The van der Waals surface area contributed by atoms with Gasteiger partial charge in [-0.05, 0) is 43.5 Å². The lowest BCUT2D eigenvalue weighted by Gasteiger charge is -2.33. The maximum Gasteiger partial charge on any atom is 0.416 e. The predicted molar refractivity (Wildman–Crippen MR) is 84.2 cm³/mol. The van der Waals surface area contributed by atoms with Crippen molar-refractivity contribution in [3.63, 3.8) is 0 Å². The lowest BCUT2D eigenvalue weighted by Crippen LogP contribution is -2.48. The number of carbonyl (C=O) groups is 2. The molecular weight excluding hydrogens is 337 g/mol. The summed E-state index contributed by atoms with van der Waals surface area (Å²) in [5.41, 5.74) is -0.117. The van der Waals surface area contributed by atoms with Gasteiger partial charge in [0.1, 0.15) is 11.7 Å². The Kier molecular flexibility index (Phi) is 4.22. The number of likely N-dealkylation sites (tertiary alicyclic amines) is 1. The van der Waals surface area contributed by atoms with Gasteiger partial charge in [0.2, 0.25) is 0 Å². The standard InChI is InChI=1S/C17H17F3N2O3/c1-21-12-6-5-11(17(18,19)20)8-10(12)9-14(21)15(23)22-7-3-2-4-13(22)16(24)25/h5-6,8-9,13H,2-4,7H2,1H3,(H,24,25). The minimum absolute atomic E-state index is 0.183. The summed E-state index contributed by atoms with van der Waals surface area (Å²) < 4.78 is 40.1. The largest absolute Gasteiger partial charge is 0.480 e. The summed E-state index contributed by atoms with van der Waals surface area (Å²) in [6.07, 6.45) is -2.65. The number of rotatable bonds is 2. The fourth-order valence-electron chi connectivity index (χ4n) is 3.31. The Balaban J connectivity index is 2.01. The molecule has 3 rings (SSSR count). The van der Waals surface area contributed by atoms with Gasteiger partial charge in [-0.1, -0.05) is 0 Å². The molecule has 0 bridgehead atoms. The van der Waals surface area contributed by atoms with Crippen LogP contribution in [0.3, 0.4) is 0 Å². The highest BCUT2D eigenvalue weighted by Gasteiger charge is 2.34. The van der Waals surface area contributed by atoms with Crippen molar-refractivity contribution < 1.29 is 27.9 Å². The third-order valence-corrected chi connectivity index (χ3v) is 4.64. The summed E-state index contributed by atoms with van der Waals surface area (Å²) in [5.74, 6) is -1.54. The fraction of sp³-hybridized carbons (Fsp3) is 0.412. The number of carboxylic acid groups (broad SMARTS) is 1. The molecule has 1 amide bonds. The number of benzene rings is 1. The SMILES string of the molecule is Cn1c(C(=O)N2CCCCC2C(=O)O)cc2cc(C(F)(F)F)ccc21. The van der Waals surface area contributed by atoms with Gasteiger partial charge in [-0.25, -0.2) is 4.79 Å². The van der Waals surface area contributed by atoms with Crippen LogP contribution in [0.4, 0.5) is 13.2 Å². The Morgan fingerprint density at radius 3 is 2.56 bits per heavy atom. The third kappa shape index (κ3) is 3.08. The van der Waals surface area contributed by atoms with Gasteiger partial charge in [0.15, 0.2) is 0 Å². The van der Waals surface area contributed by atoms with E-state index in [0.717, 1.165) is 18.6 Å². The Morgan fingerprint density at radius 1 is 1.20 bits per heavy atom. The highest BCUT2D eigenvalue weighted by atomic mass is 19.4. The summed E-state index contributed by atoms with van der Waals surface area (Å²) in [4.78, 5) is 25.5. The number of amides is 1. The van der Waals surface area contributed by atoms with E-state index >= 15 is 0 Å². The summed E-state index contributed by atoms with van der Waals surface area (Å²) in [6, 6.07) is 3.78. The molecule has 1 aromatic heterocycles. The smallest absolute Gasteiger partial charge is 0.416 e. The second kappa shape index (κ2) is 6.09. The zero-order valence-electron chi connectivity index (χ0n) is 13.5. The normalized spacial score (nSPS) is 18.6. The van der Waals surface area contributed by atoms with E-state index in [9.17, 15) is 27.9 Å². The Hall–Kier alpha value is -2.51. The molecule has 1 aliphatic rings. The first kappa shape index (κ1) is 17.3. The highest BCUT2D eigenvalue weighted by molar-refractivity contribution is 6.00. The summed E-state index contributed by atoms with van der Waals surface area (Å²) in [7, 11) is 1.59. The number of aromatic nitrogens is 1. The van der Waals surface area contributed by atoms with E-state index in [1.807, 2.05) is 0 Å². The van der Waals surface area contributed by atoms with Gasteiger partial charge in [0, 0.05) is 24.5 Å². The van der Waals surface area contributed by atoms with Crippen LogP contribution in [0.2, 0.25) is 0 Å². The molecule has 25 heavy (non-hydrogen) atoms. The fourth-order valence-corrected chi connectivity index (χ4v) is 3.31. The molecule has 0 aliphatic carbocycles. The summed E-state index contributed by atoms with van der Waals surface area (Å²) in [6.45, 7) is 0.325. The topological polar surface area (TPSA) is 62.5 Å². The van der Waals surface area contributed by atoms with E-state index in [1.165, 1.54) is 21.6 Å². The number of hydrogen-bond acceptors (Lipinski definition) is 2. The van der Waals surface area contributed by atoms with Gasteiger partial charge in [-0.3, -0.25) is 4.79 Å². The third-order valence-electron chi connectivity index (χ3n) is 4.64. The molecule has 1 atom stereocenters. The number of piperidine rings is 1. The number of aliphatic carboxylic acids is 1. The molecule has 1 aliphatic heterocycles. The summed E-state index contributed by atoms with van der Waals surface area (Å²) >= 11 is 0. The van der Waals surface area contributed by atoms with E-state index in [0.29, 0.717) is 30.3 Å². The summed E-state index contributed by atoms with van der Waals surface area (Å²) in [5, 5.41) is 9.61. The van der Waals surface area contributed by atoms with Crippen LogP contribution in [0.5, 0.6) is 0 Å². The Bertz CT molecular complexity index is 842. The first-order valence-corrected chi connectivity index (χ1v) is 7.90. The number of aryl methyl sites for hydroxylation is 1. The van der Waals surface area contributed by atoms with E-state index < -0.39 is 29.7 Å². The maximum atomic E-state index is 12.9. The highest BCUT2D eigenvalue weighted by Crippen LogP contribution is 2.32. The maximum absolute atomic E-state index is 12.9. The number of nitrogens with zero attached hydrogens (tertiary/aromatic N) is 2. The van der Waals surface area contributed by atoms with Gasteiger partial charge in [0.05, 0.1) is 5.56 Å². The first-order chi connectivity index (χ1) is 11.7. The van der Waals surface area contributed by atoms with E-state index in [-0.39, 0.29) is 5.69 Å². The average molecular weight is 354 g/mol. The molecule has 5 nitrogen and oxygen atoms in total. The molecule has 1 N–H and O–H groups in total. The number of fused-ring (bicyclic) bond motifs is 1. The molecule has 0 saturated carbocycles. The molecular formula is C17H17F3N2O3. The molecule has 0 spiro atoms. The number of halogens is 3. The zero-order chi connectivity index (χ0) is 18.4. The van der Waals surface area contributed by atoms with Crippen molar-refractivity contribution in [1.82, 2.24) is 9.47 Å². The molecule has 1 fully saturated rings. The van der Waals surface area contributed by atoms with E-state index in [1.54, 1.807) is 7.05 Å². The molecule has 2 heterocycles. The molecule has 1 aromatic carbocycles. The van der Waals surface area contributed by atoms with E-state index in [4.69, 9.17) is 0 Å². The molecule has 2 aromatic rings. The van der Waals surface area contributed by atoms with Crippen molar-refractivity contribution in [3.05, 3.63) is 35.5 Å². The van der Waals surface area contributed by atoms with Gasteiger partial charge >= 0.3 is 12.1 Å². The predicted octanol–water partition coefficient (Wildman–Crippen LogP) is 3.28. The Labute approximate surface area is 141 Å². The lowest BCUT2D eigenvalue weighted by atomic mass is 10.0. The van der Waals surface area contributed by atoms with Crippen molar-refractivity contribution in [1.29, 1.82) is 0 Å². The minimum Gasteiger partial charge on any atom is -0.480 e. The molecule has 1 saturated heterocycles. The lowest BCUT2D eigenvalue weighted by molar-refractivity contribution is -0.143. The average Bonchev–Trinajstić information content (AvgIpc) is 2.90. The van der Waals surface area contributed by atoms with Crippen molar-refractivity contribution >= 4 is 22.8 Å². The molecule has 8 heteroatoms. The quantitative estimate of drug-likeness (QED) is 0.900. The van der Waals surface area contributed by atoms with Crippen LogP contribution in [-0.4, -0.2) is 39.0 Å². The van der Waals surface area contributed by atoms with Crippen LogP contribution in [0.15, 0.2) is 24.3 Å². The minimum atomic E-state index is -4.46. The van der Waals surface area contributed by atoms with Gasteiger partial charge in [-0.2, -0.15) is 13.2 Å². The van der Waals surface area contributed by atoms with Crippen LogP contribution in [0.25, 0.3) is 10.9 Å². The van der Waals surface area contributed by atoms with E-state index in [2.05, 4.69) is 0 Å². The van der Waals surface area contributed by atoms with Gasteiger partial charge in [0.25, 0.3) is 5.91 Å². The molecule has 0 radical (unpaired) electrons. The second-order valence-electron chi connectivity index (χ2n) is 6.21. The van der Waals surface area contributed by atoms with Gasteiger partial charge < -0.3 is 14.6 Å². The van der Waals surface area contributed by atoms with Crippen molar-refractivity contribution in [2.24, 2.45) is 7.05 Å². The monoisotopic (exact) mass is 354 g/mol. The zero-order valence-corrected chi connectivity index (χ0v) is 13.5. The number of hydrogen-bond donors (Lipinski definition) is 1. The first-order valence-electron chi connectivity index (χ1n) is 7.90. The van der Waals surface area contributed by atoms with Crippen LogP contribution < -0.4 is 0 Å². The second-order valence-corrected chi connectivity index (χ2v) is 6.21. The van der Waals surface area contributed by atoms with Crippen LogP contribution in [0, 0.1) is 0 Å². The van der Waals surface area contributed by atoms with Gasteiger partial charge in [-0.15, -0.1) is 0 Å². The molecule has 134 valence electrons. The Morgan fingerprint density at radius 2 is 1.92 bits per heavy atom. The van der Waals surface area contributed by atoms with Crippen molar-refractivity contribution in [2.75, 3.05) is 6.54 Å². The van der Waals surface area contributed by atoms with Crippen molar-refractivity contribution in [3.8, 4) is 0 Å². The number of alkyl halides is 3. The van der Waals surface area contributed by atoms with Crippen LogP contribution in [0.1, 0.15) is 35.3 Å².